The molecule has 0 saturated heterocycles. The maximum absolute atomic E-state index is 2.59. The Labute approximate surface area is 196 Å². The van der Waals surface area contributed by atoms with E-state index in [1.807, 2.05) is 0 Å². The predicted octanol–water partition coefficient (Wildman–Crippen LogP) is 9.18. The molecule has 0 atom stereocenters. The van der Waals surface area contributed by atoms with E-state index in [2.05, 4.69) is 42.3 Å². The van der Waals surface area contributed by atoms with Gasteiger partial charge in [0, 0.05) is 6.42 Å². The highest BCUT2D eigenvalue weighted by Gasteiger charge is 2.16. The summed E-state index contributed by atoms with van der Waals surface area (Å²) >= 11 is 0. The Morgan fingerprint density at radius 1 is 0.548 bits per heavy atom. The third-order valence-corrected chi connectivity index (χ3v) is 6.85. The first-order valence-electron chi connectivity index (χ1n) is 14.4. The molecule has 31 heavy (non-hydrogen) atoms. The summed E-state index contributed by atoms with van der Waals surface area (Å²) in [5, 5.41) is 0. The van der Waals surface area contributed by atoms with Crippen LogP contribution >= 0.6 is 0 Å². The Kier molecular flexibility index (Phi) is 19.2. The third-order valence-electron chi connectivity index (χ3n) is 6.85. The van der Waals surface area contributed by atoms with E-state index in [-0.39, 0.29) is 0 Å². The number of unbranched alkanes of at least 4 members (excludes halogenated alkanes) is 17. The van der Waals surface area contributed by atoms with E-state index in [0.29, 0.717) is 0 Å². The van der Waals surface area contributed by atoms with Crippen LogP contribution in [0.25, 0.3) is 0 Å². The average molecular weight is 434 g/mol. The van der Waals surface area contributed by atoms with E-state index in [0.717, 1.165) is 0 Å². The molecule has 0 radical (unpaired) electrons. The Hall–Kier alpha value is -0.790. The molecular formula is C29H57N2+. The van der Waals surface area contributed by atoms with Gasteiger partial charge in [-0.1, -0.05) is 117 Å². The summed E-state index contributed by atoms with van der Waals surface area (Å²) in [5.74, 6) is 1.60. The van der Waals surface area contributed by atoms with Crippen LogP contribution in [0, 0.1) is 0 Å². The van der Waals surface area contributed by atoms with E-state index in [1.165, 1.54) is 148 Å². The summed E-state index contributed by atoms with van der Waals surface area (Å²) in [6.45, 7) is 9.36. The van der Waals surface area contributed by atoms with Gasteiger partial charge in [0.1, 0.15) is 12.4 Å². The molecule has 182 valence electrons. The van der Waals surface area contributed by atoms with Gasteiger partial charge in [0.15, 0.2) is 0 Å². The van der Waals surface area contributed by atoms with E-state index in [1.54, 1.807) is 5.82 Å². The lowest BCUT2D eigenvalue weighted by molar-refractivity contribution is -0.704. The van der Waals surface area contributed by atoms with Gasteiger partial charge in [-0.05, 0) is 32.1 Å². The summed E-state index contributed by atoms with van der Waals surface area (Å²) < 4.78 is 5.18. The van der Waals surface area contributed by atoms with Crippen molar-refractivity contribution in [2.75, 3.05) is 0 Å². The first-order chi connectivity index (χ1) is 15.3. The fourth-order valence-electron chi connectivity index (χ4n) is 4.73. The van der Waals surface area contributed by atoms with E-state index >= 15 is 0 Å². The van der Waals surface area contributed by atoms with Gasteiger partial charge < -0.3 is 0 Å². The molecule has 0 unspecified atom stereocenters. The molecule has 1 rings (SSSR count). The highest BCUT2D eigenvalue weighted by atomic mass is 15.1. The number of aromatic nitrogens is 2. The summed E-state index contributed by atoms with van der Waals surface area (Å²) in [4.78, 5) is 0. The van der Waals surface area contributed by atoms with Crippen molar-refractivity contribution in [3.05, 3.63) is 18.2 Å². The number of hydrogen-bond donors (Lipinski definition) is 0. The lowest BCUT2D eigenvalue weighted by Crippen LogP contribution is -2.37. The van der Waals surface area contributed by atoms with Gasteiger partial charge >= 0.3 is 0 Å². The van der Waals surface area contributed by atoms with Crippen molar-refractivity contribution >= 4 is 0 Å². The quantitative estimate of drug-likeness (QED) is 0.120. The lowest BCUT2D eigenvalue weighted by atomic mass is 10.1. The van der Waals surface area contributed by atoms with Gasteiger partial charge in [0.2, 0.25) is 0 Å². The first kappa shape index (κ1) is 28.2. The smallest absolute Gasteiger partial charge is 0.234 e. The second-order valence-corrected chi connectivity index (χ2v) is 9.86. The highest BCUT2D eigenvalue weighted by Crippen LogP contribution is 2.12. The highest BCUT2D eigenvalue weighted by molar-refractivity contribution is 4.84. The van der Waals surface area contributed by atoms with Crippen LogP contribution in [0.5, 0.6) is 0 Å². The van der Waals surface area contributed by atoms with Crippen molar-refractivity contribution in [3.63, 3.8) is 0 Å². The standard InChI is InChI=1S/C29H57N2/c1-4-7-10-13-15-16-17-18-20-23-26-31-28-27-30(25-22-12-9-6-3)29(31)24-21-19-14-11-8-5-2/h27-28H,4-26H2,1-3H3/q+1. The zero-order valence-corrected chi connectivity index (χ0v) is 21.8. The topological polar surface area (TPSA) is 8.81 Å². The normalized spacial score (nSPS) is 11.5. The predicted molar refractivity (Wildman–Crippen MR) is 138 cm³/mol. The average Bonchev–Trinajstić information content (AvgIpc) is 3.16. The van der Waals surface area contributed by atoms with Gasteiger partial charge in [-0.2, -0.15) is 0 Å². The van der Waals surface area contributed by atoms with E-state index in [4.69, 9.17) is 0 Å². The molecule has 0 spiro atoms. The molecule has 2 heteroatoms. The molecule has 0 fully saturated rings. The van der Waals surface area contributed by atoms with Crippen molar-refractivity contribution in [2.45, 2.75) is 169 Å². The second kappa shape index (κ2) is 21.1. The maximum Gasteiger partial charge on any atom is 0.256 e. The van der Waals surface area contributed by atoms with Crippen molar-refractivity contribution < 1.29 is 4.57 Å². The summed E-state index contributed by atoms with van der Waals surface area (Å²) in [5.41, 5.74) is 0. The number of aryl methyl sites for hydroxylation is 2. The van der Waals surface area contributed by atoms with Crippen LogP contribution in [-0.2, 0) is 19.5 Å². The first-order valence-corrected chi connectivity index (χ1v) is 14.4. The van der Waals surface area contributed by atoms with E-state index < -0.39 is 0 Å². The Balaban J connectivity index is 2.32. The molecular weight excluding hydrogens is 376 g/mol. The largest absolute Gasteiger partial charge is 0.256 e. The van der Waals surface area contributed by atoms with Crippen molar-refractivity contribution in [3.8, 4) is 0 Å². The van der Waals surface area contributed by atoms with Crippen LogP contribution in [0.3, 0.4) is 0 Å². The molecule has 0 saturated carbocycles. The fraction of sp³-hybridized carbons (Fsp3) is 0.897. The SMILES string of the molecule is CCCCCCCCCCCC[n+]1ccn(CCCCCC)c1CCCCCCCC. The van der Waals surface area contributed by atoms with Gasteiger partial charge in [0.05, 0.1) is 13.1 Å². The minimum absolute atomic E-state index is 1.22. The van der Waals surface area contributed by atoms with Gasteiger partial charge in [-0.3, -0.25) is 0 Å². The molecule has 0 amide bonds. The molecule has 1 heterocycles. The molecule has 1 aromatic heterocycles. The van der Waals surface area contributed by atoms with Crippen molar-refractivity contribution in [1.29, 1.82) is 0 Å². The Morgan fingerprint density at radius 3 is 1.55 bits per heavy atom. The molecule has 0 aliphatic heterocycles. The summed E-state index contributed by atoms with van der Waals surface area (Å²) in [6.07, 6.45) is 34.0. The number of nitrogens with zero attached hydrogens (tertiary/aromatic N) is 2. The van der Waals surface area contributed by atoms with Gasteiger partial charge in [-0.15, -0.1) is 0 Å². The number of hydrogen-bond acceptors (Lipinski definition) is 0. The lowest BCUT2D eigenvalue weighted by Gasteiger charge is -2.07. The Morgan fingerprint density at radius 2 is 1.00 bits per heavy atom. The van der Waals surface area contributed by atoms with Crippen LogP contribution in [0.15, 0.2) is 12.4 Å². The van der Waals surface area contributed by atoms with E-state index in [9.17, 15) is 0 Å². The zero-order valence-electron chi connectivity index (χ0n) is 21.8. The molecule has 2 nitrogen and oxygen atoms in total. The van der Waals surface area contributed by atoms with Crippen LogP contribution in [0.1, 0.15) is 155 Å². The second-order valence-electron chi connectivity index (χ2n) is 9.86. The monoisotopic (exact) mass is 433 g/mol. The minimum Gasteiger partial charge on any atom is -0.234 e. The molecule has 0 aromatic carbocycles. The van der Waals surface area contributed by atoms with Crippen molar-refractivity contribution in [1.82, 2.24) is 4.57 Å². The summed E-state index contributed by atoms with van der Waals surface area (Å²) in [6, 6.07) is 0. The molecule has 0 bridgehead atoms. The third kappa shape index (κ3) is 14.8. The van der Waals surface area contributed by atoms with Crippen LogP contribution in [0.2, 0.25) is 0 Å². The van der Waals surface area contributed by atoms with Crippen LogP contribution < -0.4 is 4.57 Å². The Bertz CT molecular complexity index is 491. The summed E-state index contributed by atoms with van der Waals surface area (Å²) in [7, 11) is 0. The number of rotatable bonds is 23. The van der Waals surface area contributed by atoms with Gasteiger partial charge in [-0.25, -0.2) is 9.13 Å². The minimum atomic E-state index is 1.22. The molecule has 0 aliphatic rings. The maximum atomic E-state index is 2.59. The van der Waals surface area contributed by atoms with Crippen molar-refractivity contribution in [2.24, 2.45) is 0 Å². The fourth-order valence-corrected chi connectivity index (χ4v) is 4.73. The number of imidazole rings is 1. The molecule has 0 aliphatic carbocycles. The van der Waals surface area contributed by atoms with Crippen LogP contribution in [0.4, 0.5) is 0 Å². The van der Waals surface area contributed by atoms with Crippen LogP contribution in [-0.4, -0.2) is 4.57 Å². The zero-order chi connectivity index (χ0) is 22.4. The molecule has 1 aromatic rings. The molecule has 0 N–H and O–H groups in total. The van der Waals surface area contributed by atoms with Gasteiger partial charge in [0.25, 0.3) is 5.82 Å².